The number of amides is 1. The van der Waals surface area contributed by atoms with E-state index in [2.05, 4.69) is 10.3 Å². The lowest BCUT2D eigenvalue weighted by atomic mass is 10.2. The SMILES string of the molecule is COc1ccccc1CNC(=O)c1c[nH]c(=S)n1-c1ccccc1. The van der Waals surface area contributed by atoms with Gasteiger partial charge in [-0.1, -0.05) is 36.4 Å². The Balaban J connectivity index is 1.83. The van der Waals surface area contributed by atoms with Crippen LogP contribution in [0.1, 0.15) is 16.1 Å². The molecule has 122 valence electrons. The molecule has 1 amide bonds. The van der Waals surface area contributed by atoms with Gasteiger partial charge in [0.05, 0.1) is 7.11 Å². The van der Waals surface area contributed by atoms with Crippen LogP contribution in [0.15, 0.2) is 60.8 Å². The summed E-state index contributed by atoms with van der Waals surface area (Å²) in [4.78, 5) is 15.5. The molecular weight excluding hydrogens is 322 g/mol. The van der Waals surface area contributed by atoms with Gasteiger partial charge in [0.25, 0.3) is 5.91 Å². The Morgan fingerprint density at radius 1 is 1.17 bits per heavy atom. The first kappa shape index (κ1) is 16.0. The summed E-state index contributed by atoms with van der Waals surface area (Å²) >= 11 is 5.30. The van der Waals surface area contributed by atoms with Crippen molar-refractivity contribution >= 4 is 18.1 Å². The monoisotopic (exact) mass is 339 g/mol. The Morgan fingerprint density at radius 3 is 2.62 bits per heavy atom. The van der Waals surface area contributed by atoms with Crippen LogP contribution in [0.4, 0.5) is 0 Å². The number of hydrogen-bond acceptors (Lipinski definition) is 3. The summed E-state index contributed by atoms with van der Waals surface area (Å²) in [6.45, 7) is 0.371. The fourth-order valence-corrected chi connectivity index (χ4v) is 2.75. The number of nitrogens with one attached hydrogen (secondary N) is 2. The fraction of sp³-hybridized carbons (Fsp3) is 0.111. The normalized spacial score (nSPS) is 10.4. The van der Waals surface area contributed by atoms with Crippen LogP contribution in [0.2, 0.25) is 0 Å². The molecule has 1 aromatic heterocycles. The number of methoxy groups -OCH3 is 1. The fourth-order valence-electron chi connectivity index (χ4n) is 2.48. The number of H-pyrrole nitrogens is 1. The number of hydrogen-bond donors (Lipinski definition) is 2. The number of carbonyl (C=O) groups excluding carboxylic acids is 1. The van der Waals surface area contributed by atoms with Gasteiger partial charge in [0.1, 0.15) is 11.4 Å². The number of ether oxygens (including phenoxy) is 1. The van der Waals surface area contributed by atoms with Crippen LogP contribution in [-0.2, 0) is 6.54 Å². The highest BCUT2D eigenvalue weighted by atomic mass is 32.1. The van der Waals surface area contributed by atoms with E-state index in [-0.39, 0.29) is 5.91 Å². The van der Waals surface area contributed by atoms with Gasteiger partial charge in [0.2, 0.25) is 0 Å². The summed E-state index contributed by atoms with van der Waals surface area (Å²) < 4.78 is 7.49. The topological polar surface area (TPSA) is 59.0 Å². The van der Waals surface area contributed by atoms with E-state index in [0.717, 1.165) is 17.0 Å². The largest absolute Gasteiger partial charge is 0.496 e. The lowest BCUT2D eigenvalue weighted by Crippen LogP contribution is -2.25. The summed E-state index contributed by atoms with van der Waals surface area (Å²) in [6.07, 6.45) is 1.62. The molecule has 3 rings (SSSR count). The highest BCUT2D eigenvalue weighted by molar-refractivity contribution is 7.71. The third-order valence-electron chi connectivity index (χ3n) is 3.66. The third kappa shape index (κ3) is 3.23. The van der Waals surface area contributed by atoms with Gasteiger partial charge in [-0.3, -0.25) is 9.36 Å². The predicted molar refractivity (Wildman–Crippen MR) is 95.1 cm³/mol. The molecule has 1 heterocycles. The van der Waals surface area contributed by atoms with Gasteiger partial charge >= 0.3 is 0 Å². The maximum Gasteiger partial charge on any atom is 0.270 e. The van der Waals surface area contributed by atoms with E-state index in [1.54, 1.807) is 17.9 Å². The van der Waals surface area contributed by atoms with Crippen molar-refractivity contribution in [1.82, 2.24) is 14.9 Å². The number of aromatic amines is 1. The second kappa shape index (κ2) is 7.14. The molecule has 0 radical (unpaired) electrons. The van der Waals surface area contributed by atoms with Crippen LogP contribution >= 0.6 is 12.2 Å². The Labute approximate surface area is 144 Å². The standard InChI is InChI=1S/C18H17N3O2S/c1-23-16-10-6-5-7-13(16)11-19-17(22)15-12-20-18(24)21(15)14-8-3-2-4-9-14/h2-10,12H,11H2,1H3,(H,19,22)(H,20,24). The van der Waals surface area contributed by atoms with Crippen molar-refractivity contribution in [3.63, 3.8) is 0 Å². The summed E-state index contributed by atoms with van der Waals surface area (Å²) in [5.74, 6) is 0.531. The van der Waals surface area contributed by atoms with Crippen molar-refractivity contribution in [3.8, 4) is 11.4 Å². The van der Waals surface area contributed by atoms with Crippen LogP contribution in [0.25, 0.3) is 5.69 Å². The van der Waals surface area contributed by atoms with E-state index in [1.807, 2.05) is 54.6 Å². The van der Waals surface area contributed by atoms with Crippen LogP contribution in [0.5, 0.6) is 5.75 Å². The zero-order valence-corrected chi connectivity index (χ0v) is 14.0. The Hall–Kier alpha value is -2.86. The van der Waals surface area contributed by atoms with E-state index in [1.165, 1.54) is 0 Å². The Morgan fingerprint density at radius 2 is 1.88 bits per heavy atom. The minimum atomic E-state index is -0.211. The number of benzene rings is 2. The van der Waals surface area contributed by atoms with Crippen LogP contribution in [0.3, 0.4) is 0 Å². The molecule has 24 heavy (non-hydrogen) atoms. The van der Waals surface area contributed by atoms with Gasteiger partial charge in [-0.15, -0.1) is 0 Å². The average Bonchev–Trinajstić information content (AvgIpc) is 3.02. The molecule has 3 aromatic rings. The Kier molecular flexibility index (Phi) is 4.77. The van der Waals surface area contributed by atoms with E-state index >= 15 is 0 Å². The minimum Gasteiger partial charge on any atom is -0.496 e. The van der Waals surface area contributed by atoms with Crippen molar-refractivity contribution in [2.75, 3.05) is 7.11 Å². The number of nitrogens with zero attached hydrogens (tertiary/aromatic N) is 1. The summed E-state index contributed by atoms with van der Waals surface area (Å²) in [6, 6.07) is 17.1. The molecular formula is C18H17N3O2S. The molecule has 6 heteroatoms. The van der Waals surface area contributed by atoms with Crippen molar-refractivity contribution in [2.45, 2.75) is 6.54 Å². The van der Waals surface area contributed by atoms with E-state index in [9.17, 15) is 4.79 Å². The van der Waals surface area contributed by atoms with Gasteiger partial charge in [-0.05, 0) is 30.4 Å². The molecule has 0 aliphatic rings. The average molecular weight is 339 g/mol. The molecule has 0 bridgehead atoms. The Bertz CT molecular complexity index is 900. The smallest absolute Gasteiger partial charge is 0.270 e. The first-order chi connectivity index (χ1) is 11.7. The summed E-state index contributed by atoms with van der Waals surface area (Å²) in [5.41, 5.74) is 2.21. The first-order valence-electron chi connectivity index (χ1n) is 7.46. The van der Waals surface area contributed by atoms with E-state index in [0.29, 0.717) is 17.0 Å². The van der Waals surface area contributed by atoms with Crippen molar-refractivity contribution < 1.29 is 9.53 Å². The molecule has 0 atom stereocenters. The molecule has 0 saturated carbocycles. The molecule has 5 nitrogen and oxygen atoms in total. The molecule has 2 aromatic carbocycles. The van der Waals surface area contributed by atoms with Crippen molar-refractivity contribution in [2.24, 2.45) is 0 Å². The molecule has 0 unspecified atom stereocenters. The van der Waals surface area contributed by atoms with E-state index in [4.69, 9.17) is 17.0 Å². The minimum absolute atomic E-state index is 0.211. The number of para-hydroxylation sites is 2. The number of carbonyl (C=O) groups is 1. The summed E-state index contributed by atoms with van der Waals surface area (Å²) in [7, 11) is 1.61. The van der Waals surface area contributed by atoms with Gasteiger partial charge in [0.15, 0.2) is 4.77 Å². The predicted octanol–water partition coefficient (Wildman–Crippen LogP) is 3.47. The second-order valence-electron chi connectivity index (χ2n) is 5.14. The van der Waals surface area contributed by atoms with Crippen molar-refractivity contribution in [3.05, 3.63) is 76.8 Å². The molecule has 0 aliphatic carbocycles. The number of imidazole rings is 1. The lowest BCUT2D eigenvalue weighted by molar-refractivity contribution is 0.0943. The van der Waals surface area contributed by atoms with Gasteiger partial charge in [0, 0.05) is 24.0 Å². The third-order valence-corrected chi connectivity index (χ3v) is 3.96. The van der Waals surface area contributed by atoms with Gasteiger partial charge < -0.3 is 15.0 Å². The molecule has 0 saturated heterocycles. The first-order valence-corrected chi connectivity index (χ1v) is 7.87. The van der Waals surface area contributed by atoms with Gasteiger partial charge in [-0.2, -0.15) is 0 Å². The zero-order valence-electron chi connectivity index (χ0n) is 13.2. The molecule has 0 aliphatic heterocycles. The summed E-state index contributed by atoms with van der Waals surface area (Å²) in [5, 5.41) is 2.91. The molecule has 0 spiro atoms. The second-order valence-corrected chi connectivity index (χ2v) is 5.53. The zero-order chi connectivity index (χ0) is 16.9. The highest BCUT2D eigenvalue weighted by Gasteiger charge is 2.14. The maximum absolute atomic E-state index is 12.6. The van der Waals surface area contributed by atoms with Gasteiger partial charge in [-0.25, -0.2) is 0 Å². The van der Waals surface area contributed by atoms with E-state index < -0.39 is 0 Å². The number of rotatable bonds is 5. The number of aromatic nitrogens is 2. The van der Waals surface area contributed by atoms with Crippen LogP contribution in [0, 0.1) is 4.77 Å². The van der Waals surface area contributed by atoms with Crippen LogP contribution in [-0.4, -0.2) is 22.6 Å². The molecule has 2 N–H and O–H groups in total. The molecule has 0 fully saturated rings. The van der Waals surface area contributed by atoms with Crippen LogP contribution < -0.4 is 10.1 Å². The maximum atomic E-state index is 12.6. The quantitative estimate of drug-likeness (QED) is 0.700. The highest BCUT2D eigenvalue weighted by Crippen LogP contribution is 2.17. The van der Waals surface area contributed by atoms with Crippen molar-refractivity contribution in [1.29, 1.82) is 0 Å². The lowest BCUT2D eigenvalue weighted by Gasteiger charge is -2.11.